The molecule has 1 aromatic carbocycles. The van der Waals surface area contributed by atoms with Crippen LogP contribution in [0.2, 0.25) is 5.02 Å². The molecule has 3 rings (SSSR count). The smallest absolute Gasteiger partial charge is 0.230 e. The van der Waals surface area contributed by atoms with Gasteiger partial charge in [0, 0.05) is 10.6 Å². The van der Waals surface area contributed by atoms with E-state index in [1.165, 1.54) is 0 Å². The molecule has 3 aromatic rings. The second-order valence-corrected chi connectivity index (χ2v) is 4.98. The number of anilines is 1. The van der Waals surface area contributed by atoms with Crippen LogP contribution in [0.25, 0.3) is 22.6 Å². The molecule has 0 spiro atoms. The summed E-state index contributed by atoms with van der Waals surface area (Å²) in [6, 6.07) is 7.11. The number of hydrogen-bond donors (Lipinski definition) is 1. The molecule has 21 heavy (non-hydrogen) atoms. The van der Waals surface area contributed by atoms with Crippen molar-refractivity contribution >= 4 is 17.5 Å². The highest BCUT2D eigenvalue weighted by Crippen LogP contribution is 2.42. The van der Waals surface area contributed by atoms with Crippen LogP contribution in [-0.4, -0.2) is 12.3 Å². The minimum atomic E-state index is 0.182. The van der Waals surface area contributed by atoms with Gasteiger partial charge in [-0.2, -0.15) is 0 Å². The fraction of sp³-hybridized carbons (Fsp3) is 0.133. The number of aromatic nitrogens is 1. The standard InChI is InChI=1S/C15H13ClN2O3/c1-8-5-6-20-14(8)13-12(15(17)21-18-13)10-7-9(16)3-4-11(10)19-2/h3-7H,17H2,1-2H3. The van der Waals surface area contributed by atoms with Gasteiger partial charge in [0.1, 0.15) is 5.75 Å². The van der Waals surface area contributed by atoms with Crippen LogP contribution in [0.4, 0.5) is 5.88 Å². The molecule has 0 saturated carbocycles. The van der Waals surface area contributed by atoms with Crippen LogP contribution in [0.1, 0.15) is 5.56 Å². The lowest BCUT2D eigenvalue weighted by Crippen LogP contribution is -1.92. The van der Waals surface area contributed by atoms with E-state index in [0.717, 1.165) is 5.56 Å². The largest absolute Gasteiger partial charge is 0.496 e. The molecular formula is C15H13ClN2O3. The molecule has 0 atom stereocenters. The highest BCUT2D eigenvalue weighted by molar-refractivity contribution is 6.31. The molecule has 2 aromatic heterocycles. The van der Waals surface area contributed by atoms with Crippen molar-refractivity contribution in [3.8, 4) is 28.3 Å². The summed E-state index contributed by atoms with van der Waals surface area (Å²) in [6.45, 7) is 1.92. The average Bonchev–Trinajstić information content (AvgIpc) is 3.04. The number of methoxy groups -OCH3 is 1. The Hall–Kier alpha value is -2.40. The van der Waals surface area contributed by atoms with Gasteiger partial charge in [-0.25, -0.2) is 0 Å². The lowest BCUT2D eigenvalue weighted by molar-refractivity contribution is 0.416. The molecule has 0 aliphatic heterocycles. The van der Waals surface area contributed by atoms with Crippen LogP contribution >= 0.6 is 11.6 Å². The van der Waals surface area contributed by atoms with Gasteiger partial charge < -0.3 is 19.4 Å². The molecular weight excluding hydrogens is 292 g/mol. The van der Waals surface area contributed by atoms with Gasteiger partial charge in [0.25, 0.3) is 0 Å². The van der Waals surface area contributed by atoms with Crippen LogP contribution in [0.3, 0.4) is 0 Å². The second kappa shape index (κ2) is 5.18. The zero-order valence-electron chi connectivity index (χ0n) is 11.5. The van der Waals surface area contributed by atoms with Gasteiger partial charge in [-0.1, -0.05) is 16.8 Å². The first-order valence-electron chi connectivity index (χ1n) is 6.25. The zero-order valence-corrected chi connectivity index (χ0v) is 12.3. The maximum absolute atomic E-state index is 6.08. The predicted molar refractivity (Wildman–Crippen MR) is 80.4 cm³/mol. The molecule has 0 saturated heterocycles. The third kappa shape index (κ3) is 2.25. The molecule has 0 aliphatic rings. The quantitative estimate of drug-likeness (QED) is 0.786. The predicted octanol–water partition coefficient (Wildman–Crippen LogP) is 4.15. The van der Waals surface area contributed by atoms with Crippen molar-refractivity contribution in [2.24, 2.45) is 0 Å². The van der Waals surface area contributed by atoms with E-state index in [1.807, 2.05) is 13.0 Å². The van der Waals surface area contributed by atoms with Crippen molar-refractivity contribution in [2.75, 3.05) is 12.8 Å². The summed E-state index contributed by atoms with van der Waals surface area (Å²) in [5, 5.41) is 4.57. The van der Waals surface area contributed by atoms with Gasteiger partial charge >= 0.3 is 0 Å². The van der Waals surface area contributed by atoms with Crippen LogP contribution in [0.15, 0.2) is 39.5 Å². The first-order valence-corrected chi connectivity index (χ1v) is 6.63. The highest BCUT2D eigenvalue weighted by Gasteiger charge is 2.23. The summed E-state index contributed by atoms with van der Waals surface area (Å²) in [4.78, 5) is 0. The van der Waals surface area contributed by atoms with E-state index in [9.17, 15) is 0 Å². The van der Waals surface area contributed by atoms with E-state index in [-0.39, 0.29) is 5.88 Å². The Labute approximate surface area is 126 Å². The number of halogens is 1. The van der Waals surface area contributed by atoms with Gasteiger partial charge in [0.15, 0.2) is 11.5 Å². The Bertz CT molecular complexity index is 792. The molecule has 0 unspecified atom stereocenters. The Kier molecular flexibility index (Phi) is 3.35. The van der Waals surface area contributed by atoms with E-state index in [0.29, 0.717) is 33.4 Å². The molecule has 0 fully saturated rings. The van der Waals surface area contributed by atoms with Crippen LogP contribution in [0.5, 0.6) is 5.75 Å². The fourth-order valence-corrected chi connectivity index (χ4v) is 2.38. The molecule has 0 aliphatic carbocycles. The molecule has 0 amide bonds. The third-order valence-corrected chi connectivity index (χ3v) is 3.46. The summed E-state index contributed by atoms with van der Waals surface area (Å²) in [5.41, 5.74) is 8.70. The Balaban J connectivity index is 2.27. The minimum absolute atomic E-state index is 0.182. The molecule has 5 nitrogen and oxygen atoms in total. The number of nitrogen functional groups attached to an aromatic ring is 1. The van der Waals surface area contributed by atoms with E-state index in [4.69, 9.17) is 31.0 Å². The number of benzene rings is 1. The average molecular weight is 305 g/mol. The summed E-state index contributed by atoms with van der Waals surface area (Å²) in [5.74, 6) is 1.41. The fourth-order valence-electron chi connectivity index (χ4n) is 2.21. The lowest BCUT2D eigenvalue weighted by atomic mass is 10.0. The first kappa shape index (κ1) is 13.6. The van der Waals surface area contributed by atoms with E-state index < -0.39 is 0 Å². The number of nitrogens with two attached hydrogens (primary N) is 1. The summed E-state index contributed by atoms with van der Waals surface area (Å²) < 4.78 is 16.0. The molecule has 108 valence electrons. The van der Waals surface area contributed by atoms with Crippen LogP contribution in [0, 0.1) is 6.92 Å². The monoisotopic (exact) mass is 304 g/mol. The number of nitrogens with zero attached hydrogens (tertiary/aromatic N) is 1. The van der Waals surface area contributed by atoms with Gasteiger partial charge in [0.05, 0.1) is 18.9 Å². The molecule has 2 N–H and O–H groups in total. The SMILES string of the molecule is COc1ccc(Cl)cc1-c1c(-c2occc2C)noc1N. The topological polar surface area (TPSA) is 74.4 Å². The molecule has 0 radical (unpaired) electrons. The molecule has 6 heteroatoms. The van der Waals surface area contributed by atoms with Gasteiger partial charge in [0.2, 0.25) is 5.88 Å². The van der Waals surface area contributed by atoms with Gasteiger partial charge in [-0.3, -0.25) is 0 Å². The normalized spacial score (nSPS) is 10.8. The minimum Gasteiger partial charge on any atom is -0.496 e. The molecule has 2 heterocycles. The Morgan fingerprint density at radius 2 is 2.10 bits per heavy atom. The van der Waals surface area contributed by atoms with Crippen molar-refractivity contribution in [1.82, 2.24) is 5.16 Å². The van der Waals surface area contributed by atoms with Crippen LogP contribution < -0.4 is 10.5 Å². The van der Waals surface area contributed by atoms with E-state index >= 15 is 0 Å². The highest BCUT2D eigenvalue weighted by atomic mass is 35.5. The summed E-state index contributed by atoms with van der Waals surface area (Å²) >= 11 is 6.08. The second-order valence-electron chi connectivity index (χ2n) is 4.55. The third-order valence-electron chi connectivity index (χ3n) is 3.23. The van der Waals surface area contributed by atoms with Crippen molar-refractivity contribution in [3.05, 3.63) is 41.1 Å². The van der Waals surface area contributed by atoms with Crippen LogP contribution in [-0.2, 0) is 0 Å². The van der Waals surface area contributed by atoms with Crippen molar-refractivity contribution in [2.45, 2.75) is 6.92 Å². The van der Waals surface area contributed by atoms with E-state index in [2.05, 4.69) is 5.16 Å². The number of aryl methyl sites for hydroxylation is 1. The maximum atomic E-state index is 6.08. The van der Waals surface area contributed by atoms with Crippen molar-refractivity contribution in [1.29, 1.82) is 0 Å². The maximum Gasteiger partial charge on any atom is 0.230 e. The van der Waals surface area contributed by atoms with Gasteiger partial charge in [-0.05, 0) is 36.8 Å². The number of rotatable bonds is 3. The van der Waals surface area contributed by atoms with Crippen molar-refractivity contribution < 1.29 is 13.7 Å². The number of ether oxygens (including phenoxy) is 1. The lowest BCUT2D eigenvalue weighted by Gasteiger charge is -2.08. The number of furan rings is 1. The number of hydrogen-bond acceptors (Lipinski definition) is 5. The first-order chi connectivity index (χ1) is 10.1. The van der Waals surface area contributed by atoms with Crippen molar-refractivity contribution in [3.63, 3.8) is 0 Å². The summed E-state index contributed by atoms with van der Waals surface area (Å²) in [7, 11) is 1.58. The molecule has 0 bridgehead atoms. The Morgan fingerprint density at radius 1 is 1.29 bits per heavy atom. The van der Waals surface area contributed by atoms with E-state index in [1.54, 1.807) is 31.6 Å². The van der Waals surface area contributed by atoms with Gasteiger partial charge in [-0.15, -0.1) is 0 Å². The summed E-state index contributed by atoms with van der Waals surface area (Å²) in [6.07, 6.45) is 1.59. The Morgan fingerprint density at radius 3 is 2.76 bits per heavy atom. The zero-order chi connectivity index (χ0) is 15.0.